The van der Waals surface area contributed by atoms with E-state index < -0.39 is 0 Å². The van der Waals surface area contributed by atoms with Crippen LogP contribution in [0.5, 0.6) is 0 Å². The zero-order valence-electron chi connectivity index (χ0n) is 11.4. The van der Waals surface area contributed by atoms with Gasteiger partial charge in [0.25, 0.3) is 0 Å². The molecule has 0 bridgehead atoms. The Morgan fingerprint density at radius 1 is 1.26 bits per heavy atom. The monoisotopic (exact) mass is 258 g/mol. The van der Waals surface area contributed by atoms with E-state index in [2.05, 4.69) is 17.0 Å². The van der Waals surface area contributed by atoms with Crippen LogP contribution in [0.2, 0.25) is 0 Å². The normalized spacial score (nSPS) is 23.3. The molecule has 3 nitrogen and oxygen atoms in total. The highest BCUT2D eigenvalue weighted by Crippen LogP contribution is 2.23. The minimum Gasteiger partial charge on any atom is -0.327 e. The quantitative estimate of drug-likeness (QED) is 0.841. The highest BCUT2D eigenvalue weighted by atomic mass is 16.1. The topological polar surface area (TPSA) is 46.3 Å². The Hall–Kier alpha value is -1.19. The van der Waals surface area contributed by atoms with Crippen molar-refractivity contribution in [2.45, 2.75) is 38.1 Å². The van der Waals surface area contributed by atoms with Crippen LogP contribution in [0.4, 0.5) is 0 Å². The molecule has 1 aromatic carbocycles. The summed E-state index contributed by atoms with van der Waals surface area (Å²) in [6.45, 7) is 2.38. The fourth-order valence-corrected chi connectivity index (χ4v) is 3.27. The molecule has 0 radical (unpaired) electrons. The molecule has 2 aliphatic rings. The van der Waals surface area contributed by atoms with E-state index in [4.69, 9.17) is 5.73 Å². The van der Waals surface area contributed by atoms with E-state index in [1.807, 2.05) is 6.07 Å². The van der Waals surface area contributed by atoms with E-state index >= 15 is 0 Å². The van der Waals surface area contributed by atoms with Gasteiger partial charge in [-0.15, -0.1) is 0 Å². The summed E-state index contributed by atoms with van der Waals surface area (Å²) in [6, 6.07) is 6.48. The minimum absolute atomic E-state index is 0.238. The third kappa shape index (κ3) is 2.88. The van der Waals surface area contributed by atoms with E-state index in [1.54, 1.807) is 0 Å². The average molecular weight is 258 g/mol. The Labute approximate surface area is 114 Å². The van der Waals surface area contributed by atoms with Crippen LogP contribution in [-0.2, 0) is 12.8 Å². The molecule has 0 amide bonds. The second kappa shape index (κ2) is 5.43. The number of Topliss-reactive ketones (excluding diaryl/α,β-unsaturated/α-hetero) is 1. The average Bonchev–Trinajstić information content (AvgIpc) is 2.85. The molecule has 1 heterocycles. The number of hydrogen-bond acceptors (Lipinski definition) is 3. The minimum atomic E-state index is 0.238. The van der Waals surface area contributed by atoms with E-state index in [-0.39, 0.29) is 11.8 Å². The lowest BCUT2D eigenvalue weighted by atomic mass is 10.0. The van der Waals surface area contributed by atoms with Gasteiger partial charge >= 0.3 is 0 Å². The number of carbonyl (C=O) groups excluding carboxylic acids is 1. The predicted octanol–water partition coefficient (Wildman–Crippen LogP) is 1.78. The molecular formula is C16H22N2O. The molecule has 1 aliphatic carbocycles. The molecule has 3 rings (SSSR count). The summed E-state index contributed by atoms with van der Waals surface area (Å²) in [7, 11) is 0. The van der Waals surface area contributed by atoms with Gasteiger partial charge in [0.15, 0.2) is 5.78 Å². The first-order chi connectivity index (χ1) is 9.22. The molecule has 1 saturated heterocycles. The number of piperidine rings is 1. The lowest BCUT2D eigenvalue weighted by Gasteiger charge is -2.30. The van der Waals surface area contributed by atoms with Crippen molar-refractivity contribution < 1.29 is 4.79 Å². The number of nitrogens with two attached hydrogens (primary N) is 1. The molecule has 0 spiro atoms. The van der Waals surface area contributed by atoms with Crippen LogP contribution < -0.4 is 5.73 Å². The third-order valence-corrected chi connectivity index (χ3v) is 4.33. The van der Waals surface area contributed by atoms with Crippen LogP contribution in [0.1, 0.15) is 40.7 Å². The van der Waals surface area contributed by atoms with Gasteiger partial charge in [-0.3, -0.25) is 9.69 Å². The molecule has 1 fully saturated rings. The predicted molar refractivity (Wildman–Crippen MR) is 76.4 cm³/mol. The Morgan fingerprint density at radius 2 is 2.11 bits per heavy atom. The number of benzene rings is 1. The van der Waals surface area contributed by atoms with Gasteiger partial charge in [-0.2, -0.15) is 0 Å². The molecule has 3 heteroatoms. The first kappa shape index (κ1) is 12.8. The van der Waals surface area contributed by atoms with Gasteiger partial charge in [0, 0.05) is 18.2 Å². The molecule has 0 aromatic heterocycles. The first-order valence-corrected chi connectivity index (χ1v) is 7.35. The second-order valence-corrected chi connectivity index (χ2v) is 5.90. The Morgan fingerprint density at radius 3 is 2.95 bits per heavy atom. The van der Waals surface area contributed by atoms with E-state index in [9.17, 15) is 4.79 Å². The van der Waals surface area contributed by atoms with Crippen LogP contribution >= 0.6 is 0 Å². The number of fused-ring (bicyclic) bond motifs is 1. The smallest absolute Gasteiger partial charge is 0.176 e. The Kier molecular flexibility index (Phi) is 3.67. The molecule has 1 atom stereocenters. The van der Waals surface area contributed by atoms with Crippen LogP contribution in [-0.4, -0.2) is 36.4 Å². The summed E-state index contributed by atoms with van der Waals surface area (Å²) in [5.74, 6) is 0.240. The Bertz CT molecular complexity index is 484. The maximum Gasteiger partial charge on any atom is 0.176 e. The van der Waals surface area contributed by atoms with E-state index in [0.717, 1.165) is 37.9 Å². The van der Waals surface area contributed by atoms with Crippen molar-refractivity contribution in [2.75, 3.05) is 19.6 Å². The summed E-state index contributed by atoms with van der Waals surface area (Å²) < 4.78 is 0. The zero-order chi connectivity index (χ0) is 13.2. The second-order valence-electron chi connectivity index (χ2n) is 5.90. The number of nitrogens with zero attached hydrogens (tertiary/aromatic N) is 1. The number of hydrogen-bond donors (Lipinski definition) is 1. The summed E-state index contributed by atoms with van der Waals surface area (Å²) >= 11 is 0. The highest BCUT2D eigenvalue weighted by molar-refractivity contribution is 5.97. The van der Waals surface area contributed by atoms with Crippen molar-refractivity contribution in [2.24, 2.45) is 5.73 Å². The van der Waals surface area contributed by atoms with Crippen LogP contribution in [0, 0.1) is 0 Å². The van der Waals surface area contributed by atoms with Crippen molar-refractivity contribution in [3.8, 4) is 0 Å². The lowest BCUT2D eigenvalue weighted by molar-refractivity contribution is 0.0908. The largest absolute Gasteiger partial charge is 0.327 e. The van der Waals surface area contributed by atoms with Crippen LogP contribution in [0.15, 0.2) is 18.2 Å². The molecule has 1 unspecified atom stereocenters. The van der Waals surface area contributed by atoms with Crippen molar-refractivity contribution in [3.63, 3.8) is 0 Å². The van der Waals surface area contributed by atoms with Crippen LogP contribution in [0.3, 0.4) is 0 Å². The fourth-order valence-electron chi connectivity index (χ4n) is 3.27. The van der Waals surface area contributed by atoms with Crippen molar-refractivity contribution in [1.29, 1.82) is 0 Å². The van der Waals surface area contributed by atoms with Gasteiger partial charge in [0.2, 0.25) is 0 Å². The Balaban J connectivity index is 1.67. The van der Waals surface area contributed by atoms with Crippen LogP contribution in [0.25, 0.3) is 0 Å². The molecular weight excluding hydrogens is 236 g/mol. The molecule has 1 aliphatic heterocycles. The fraction of sp³-hybridized carbons (Fsp3) is 0.562. The molecule has 19 heavy (non-hydrogen) atoms. The molecule has 0 saturated carbocycles. The van der Waals surface area contributed by atoms with Gasteiger partial charge in [-0.05, 0) is 55.8 Å². The number of likely N-dealkylation sites (tertiary alicyclic amines) is 1. The van der Waals surface area contributed by atoms with Crippen molar-refractivity contribution >= 4 is 5.78 Å². The first-order valence-electron chi connectivity index (χ1n) is 7.35. The highest BCUT2D eigenvalue weighted by Gasteiger charge is 2.20. The summed E-state index contributed by atoms with van der Waals surface area (Å²) in [5.41, 5.74) is 9.64. The standard InChI is InChI=1S/C16H22N2O/c17-15-5-2-8-18(10-15)11-16(19)14-7-6-12-3-1-4-13(12)9-14/h6-7,9,15H,1-5,8,10-11,17H2. The molecule has 1 aromatic rings. The maximum absolute atomic E-state index is 12.3. The number of carbonyl (C=O) groups is 1. The number of aryl methyl sites for hydroxylation is 2. The molecule has 2 N–H and O–H groups in total. The maximum atomic E-state index is 12.3. The third-order valence-electron chi connectivity index (χ3n) is 4.33. The zero-order valence-corrected chi connectivity index (χ0v) is 11.4. The number of ketones is 1. The van der Waals surface area contributed by atoms with E-state index in [0.29, 0.717) is 6.54 Å². The van der Waals surface area contributed by atoms with Gasteiger partial charge < -0.3 is 5.73 Å². The van der Waals surface area contributed by atoms with Gasteiger partial charge in [0.05, 0.1) is 6.54 Å². The molecule has 102 valence electrons. The van der Waals surface area contributed by atoms with Gasteiger partial charge in [-0.25, -0.2) is 0 Å². The van der Waals surface area contributed by atoms with E-state index in [1.165, 1.54) is 24.0 Å². The van der Waals surface area contributed by atoms with Gasteiger partial charge in [0.1, 0.15) is 0 Å². The lowest BCUT2D eigenvalue weighted by Crippen LogP contribution is -2.44. The summed E-state index contributed by atoms with van der Waals surface area (Å²) in [5, 5.41) is 0. The SMILES string of the molecule is NC1CCCN(CC(=O)c2ccc3c(c2)CCC3)C1. The number of rotatable bonds is 3. The van der Waals surface area contributed by atoms with Gasteiger partial charge in [-0.1, -0.05) is 12.1 Å². The summed E-state index contributed by atoms with van der Waals surface area (Å²) in [4.78, 5) is 14.5. The van der Waals surface area contributed by atoms with Crippen molar-refractivity contribution in [3.05, 3.63) is 34.9 Å². The van der Waals surface area contributed by atoms with Crippen molar-refractivity contribution in [1.82, 2.24) is 4.90 Å². The summed E-state index contributed by atoms with van der Waals surface area (Å²) in [6.07, 6.45) is 5.73.